The van der Waals surface area contributed by atoms with Crippen LogP contribution in [0.15, 0.2) is 24.3 Å². The van der Waals surface area contributed by atoms with Crippen molar-refractivity contribution in [1.82, 2.24) is 5.32 Å². The van der Waals surface area contributed by atoms with E-state index in [0.29, 0.717) is 23.8 Å². The monoisotopic (exact) mass is 327 g/mol. The first kappa shape index (κ1) is 16.7. The number of carbonyl (C=O) groups excluding carboxylic acids is 1. The quantitative estimate of drug-likeness (QED) is 0.857. The predicted octanol–water partition coefficient (Wildman–Crippen LogP) is 1.56. The molecule has 6 nitrogen and oxygen atoms in total. The highest BCUT2D eigenvalue weighted by molar-refractivity contribution is 6.30. The van der Waals surface area contributed by atoms with E-state index in [1.165, 1.54) is 0 Å². The third-order valence-corrected chi connectivity index (χ3v) is 3.93. The molecule has 0 radical (unpaired) electrons. The van der Waals surface area contributed by atoms with Crippen molar-refractivity contribution >= 4 is 23.5 Å². The number of aliphatic carboxylic acids is 1. The van der Waals surface area contributed by atoms with Gasteiger partial charge in [-0.25, -0.2) is 4.79 Å². The molecule has 0 aliphatic carbocycles. The molecule has 0 aromatic heterocycles. The Labute approximate surface area is 133 Å². The molecule has 1 aromatic carbocycles. The lowest BCUT2D eigenvalue weighted by molar-refractivity contribution is -0.157. The van der Waals surface area contributed by atoms with Gasteiger partial charge in [-0.05, 0) is 24.1 Å². The van der Waals surface area contributed by atoms with Crippen LogP contribution in [0, 0.1) is 0 Å². The van der Waals surface area contributed by atoms with E-state index in [1.54, 1.807) is 31.2 Å². The predicted molar refractivity (Wildman–Crippen MR) is 79.8 cm³/mol. The summed E-state index contributed by atoms with van der Waals surface area (Å²) in [4.78, 5) is 24.1. The third kappa shape index (κ3) is 3.40. The van der Waals surface area contributed by atoms with E-state index in [1.807, 2.05) is 0 Å². The molecule has 7 heteroatoms. The standard InChI is InChI=1S/C15H18ClNO5/c1-2-15(14(19)20,10-3-5-11(16)6-4-10)17-13(18)12-9-21-7-8-22-12/h3-6,12H,2,7-9H2,1H3,(H,17,18)(H,19,20). The molecular formula is C15H18ClNO5. The van der Waals surface area contributed by atoms with Gasteiger partial charge in [-0.15, -0.1) is 0 Å². The van der Waals surface area contributed by atoms with E-state index in [0.717, 1.165) is 0 Å². The van der Waals surface area contributed by atoms with Gasteiger partial charge in [0.25, 0.3) is 5.91 Å². The molecule has 1 aliphatic rings. The van der Waals surface area contributed by atoms with Crippen LogP contribution < -0.4 is 5.32 Å². The molecule has 1 heterocycles. The van der Waals surface area contributed by atoms with Crippen LogP contribution in [0.1, 0.15) is 18.9 Å². The molecule has 2 unspecified atom stereocenters. The lowest BCUT2D eigenvalue weighted by atomic mass is 9.87. The normalized spacial score (nSPS) is 20.9. The molecule has 22 heavy (non-hydrogen) atoms. The first-order valence-corrected chi connectivity index (χ1v) is 7.38. The van der Waals surface area contributed by atoms with Crippen LogP contribution in [0.2, 0.25) is 5.02 Å². The Kier molecular flexibility index (Phi) is 5.39. The van der Waals surface area contributed by atoms with Gasteiger partial charge in [0.2, 0.25) is 0 Å². The number of ether oxygens (including phenoxy) is 2. The fourth-order valence-corrected chi connectivity index (χ4v) is 2.48. The molecule has 1 saturated heterocycles. The molecule has 1 fully saturated rings. The fraction of sp³-hybridized carbons (Fsp3) is 0.467. The lowest BCUT2D eigenvalue weighted by Crippen LogP contribution is -2.56. The smallest absolute Gasteiger partial charge is 0.334 e. The Hall–Kier alpha value is -1.63. The topological polar surface area (TPSA) is 84.9 Å². The largest absolute Gasteiger partial charge is 0.479 e. The van der Waals surface area contributed by atoms with E-state index < -0.39 is 23.5 Å². The van der Waals surface area contributed by atoms with Crippen molar-refractivity contribution < 1.29 is 24.2 Å². The summed E-state index contributed by atoms with van der Waals surface area (Å²) in [5.74, 6) is -1.64. The van der Waals surface area contributed by atoms with E-state index in [4.69, 9.17) is 21.1 Å². The minimum Gasteiger partial charge on any atom is -0.479 e. The average molecular weight is 328 g/mol. The van der Waals surface area contributed by atoms with E-state index in [2.05, 4.69) is 5.32 Å². The summed E-state index contributed by atoms with van der Waals surface area (Å²) in [6, 6.07) is 6.38. The summed E-state index contributed by atoms with van der Waals surface area (Å²) >= 11 is 5.84. The second-order valence-electron chi connectivity index (χ2n) is 4.99. The van der Waals surface area contributed by atoms with E-state index in [9.17, 15) is 14.7 Å². The highest BCUT2D eigenvalue weighted by Crippen LogP contribution is 2.27. The van der Waals surface area contributed by atoms with Crippen LogP contribution in [-0.2, 0) is 24.6 Å². The zero-order valence-corrected chi connectivity index (χ0v) is 12.9. The Bertz CT molecular complexity index is 541. The van der Waals surface area contributed by atoms with Crippen molar-refractivity contribution in [3.05, 3.63) is 34.9 Å². The van der Waals surface area contributed by atoms with Gasteiger partial charge < -0.3 is 19.9 Å². The molecule has 2 atom stereocenters. The lowest BCUT2D eigenvalue weighted by Gasteiger charge is -2.32. The second kappa shape index (κ2) is 7.09. The van der Waals surface area contributed by atoms with Crippen molar-refractivity contribution in [3.63, 3.8) is 0 Å². The van der Waals surface area contributed by atoms with E-state index >= 15 is 0 Å². The first-order chi connectivity index (χ1) is 10.5. The molecule has 2 N–H and O–H groups in total. The van der Waals surface area contributed by atoms with Gasteiger partial charge in [-0.1, -0.05) is 30.7 Å². The molecule has 1 amide bonds. The molecule has 120 valence electrons. The zero-order chi connectivity index (χ0) is 16.2. The number of carboxylic acid groups (broad SMARTS) is 1. The fourth-order valence-electron chi connectivity index (χ4n) is 2.36. The summed E-state index contributed by atoms with van der Waals surface area (Å²) in [5, 5.41) is 12.8. The molecule has 2 rings (SSSR count). The molecule has 1 aromatic rings. The number of carbonyl (C=O) groups is 2. The van der Waals surface area contributed by atoms with Gasteiger partial charge in [0, 0.05) is 5.02 Å². The van der Waals surface area contributed by atoms with Gasteiger partial charge in [0.15, 0.2) is 11.6 Å². The number of halogens is 1. The molecule has 1 aliphatic heterocycles. The maximum absolute atomic E-state index is 12.3. The third-order valence-electron chi connectivity index (χ3n) is 3.68. The van der Waals surface area contributed by atoms with Crippen molar-refractivity contribution in [2.45, 2.75) is 25.0 Å². The van der Waals surface area contributed by atoms with Crippen LogP contribution >= 0.6 is 11.6 Å². The molecule has 0 saturated carbocycles. The maximum atomic E-state index is 12.3. The Morgan fingerprint density at radius 1 is 1.36 bits per heavy atom. The highest BCUT2D eigenvalue weighted by atomic mass is 35.5. The summed E-state index contributed by atoms with van der Waals surface area (Å²) in [5.41, 5.74) is -1.07. The second-order valence-corrected chi connectivity index (χ2v) is 5.43. The molecular weight excluding hydrogens is 310 g/mol. The number of rotatable bonds is 5. The summed E-state index contributed by atoms with van der Waals surface area (Å²) in [6.45, 7) is 2.55. The minimum absolute atomic E-state index is 0.117. The maximum Gasteiger partial charge on any atom is 0.334 e. The van der Waals surface area contributed by atoms with Gasteiger partial charge >= 0.3 is 5.97 Å². The number of benzene rings is 1. The van der Waals surface area contributed by atoms with Crippen LogP contribution in [0.25, 0.3) is 0 Å². The summed E-state index contributed by atoms with van der Waals surface area (Å²) < 4.78 is 10.5. The van der Waals surface area contributed by atoms with Crippen LogP contribution in [-0.4, -0.2) is 42.9 Å². The summed E-state index contributed by atoms with van der Waals surface area (Å²) in [6.07, 6.45) is -0.616. The number of hydrogen-bond acceptors (Lipinski definition) is 4. The SMILES string of the molecule is CCC(NC(=O)C1COCCO1)(C(=O)O)c1ccc(Cl)cc1. The van der Waals surface area contributed by atoms with Gasteiger partial charge in [0.1, 0.15) is 0 Å². The number of nitrogens with one attached hydrogen (secondary N) is 1. The number of hydrogen-bond donors (Lipinski definition) is 2. The Balaban J connectivity index is 2.27. The van der Waals surface area contributed by atoms with Crippen molar-refractivity contribution in [2.75, 3.05) is 19.8 Å². The minimum atomic E-state index is -1.53. The number of carboxylic acids is 1. The van der Waals surface area contributed by atoms with Crippen LogP contribution in [0.4, 0.5) is 0 Å². The highest BCUT2D eigenvalue weighted by Gasteiger charge is 2.42. The van der Waals surface area contributed by atoms with Gasteiger partial charge in [0.05, 0.1) is 19.8 Å². The molecule has 0 spiro atoms. The Morgan fingerprint density at radius 3 is 2.55 bits per heavy atom. The van der Waals surface area contributed by atoms with Crippen LogP contribution in [0.3, 0.4) is 0 Å². The first-order valence-electron chi connectivity index (χ1n) is 7.00. The van der Waals surface area contributed by atoms with Gasteiger partial charge in [-0.3, -0.25) is 4.79 Å². The summed E-state index contributed by atoms with van der Waals surface area (Å²) in [7, 11) is 0. The van der Waals surface area contributed by atoms with Crippen molar-refractivity contribution in [3.8, 4) is 0 Å². The average Bonchev–Trinajstić information content (AvgIpc) is 2.54. The van der Waals surface area contributed by atoms with Gasteiger partial charge in [-0.2, -0.15) is 0 Å². The van der Waals surface area contributed by atoms with Crippen molar-refractivity contribution in [2.24, 2.45) is 0 Å². The molecule has 0 bridgehead atoms. The van der Waals surface area contributed by atoms with Crippen molar-refractivity contribution in [1.29, 1.82) is 0 Å². The Morgan fingerprint density at radius 2 is 2.05 bits per heavy atom. The zero-order valence-electron chi connectivity index (χ0n) is 12.2. The number of amides is 1. The van der Waals surface area contributed by atoms with E-state index in [-0.39, 0.29) is 13.0 Å². The van der Waals surface area contributed by atoms with Crippen LogP contribution in [0.5, 0.6) is 0 Å².